The second-order valence-electron chi connectivity index (χ2n) is 7.17. The lowest BCUT2D eigenvalue weighted by atomic mass is 9.96. The lowest BCUT2D eigenvalue weighted by Gasteiger charge is -2.33. The second-order valence-corrected chi connectivity index (χ2v) is 8.74. The van der Waals surface area contributed by atoms with Crippen molar-refractivity contribution >= 4 is 27.5 Å². The van der Waals surface area contributed by atoms with Gasteiger partial charge in [0.15, 0.2) is 5.84 Å². The zero-order chi connectivity index (χ0) is 19.7. The monoisotopic (exact) mass is 397 g/mol. The van der Waals surface area contributed by atoms with E-state index in [4.69, 9.17) is 0 Å². The number of carbonyl (C=O) groups is 1. The van der Waals surface area contributed by atoms with Gasteiger partial charge in [-0.05, 0) is 43.0 Å². The molecule has 7 heteroatoms. The number of amides is 1. The Bertz CT molecular complexity index is 1050. The third kappa shape index (κ3) is 3.42. The molecule has 2 heterocycles. The molecule has 0 radical (unpaired) electrons. The molecule has 2 aliphatic heterocycles. The van der Waals surface area contributed by atoms with E-state index in [-0.39, 0.29) is 16.7 Å². The first kappa shape index (κ1) is 18.7. The van der Waals surface area contributed by atoms with E-state index in [1.807, 2.05) is 35.2 Å². The molecule has 146 valence electrons. The smallest absolute Gasteiger partial charge is 0.285 e. The zero-order valence-electron chi connectivity index (χ0n) is 15.8. The van der Waals surface area contributed by atoms with Gasteiger partial charge in [-0.2, -0.15) is 8.42 Å². The maximum Gasteiger partial charge on any atom is 0.285 e. The number of benzene rings is 2. The summed E-state index contributed by atoms with van der Waals surface area (Å²) in [6, 6.07) is 14.7. The first-order chi connectivity index (χ1) is 13.5. The molecule has 0 spiro atoms. The maximum absolute atomic E-state index is 12.9. The van der Waals surface area contributed by atoms with Crippen LogP contribution in [0, 0.1) is 5.92 Å². The summed E-state index contributed by atoms with van der Waals surface area (Å²) in [5, 5.41) is 3.05. The molecule has 0 aromatic heterocycles. The van der Waals surface area contributed by atoms with Crippen LogP contribution < -0.4 is 5.32 Å². The van der Waals surface area contributed by atoms with Crippen LogP contribution in [0.25, 0.3) is 0 Å². The summed E-state index contributed by atoms with van der Waals surface area (Å²) in [7, 11) is -3.65. The van der Waals surface area contributed by atoms with Gasteiger partial charge < -0.3 is 10.2 Å². The summed E-state index contributed by atoms with van der Waals surface area (Å²) in [6.45, 7) is 3.21. The summed E-state index contributed by atoms with van der Waals surface area (Å²) >= 11 is 0. The number of nitrogens with one attached hydrogen (secondary N) is 1. The van der Waals surface area contributed by atoms with Crippen LogP contribution in [0.5, 0.6) is 0 Å². The summed E-state index contributed by atoms with van der Waals surface area (Å²) in [5.74, 6) is 0.222. The highest BCUT2D eigenvalue weighted by Gasteiger charge is 2.35. The minimum atomic E-state index is -3.65. The van der Waals surface area contributed by atoms with E-state index in [2.05, 4.69) is 16.6 Å². The van der Waals surface area contributed by atoms with Crippen molar-refractivity contribution in [2.45, 2.75) is 31.1 Å². The van der Waals surface area contributed by atoms with Gasteiger partial charge in [-0.3, -0.25) is 4.79 Å². The van der Waals surface area contributed by atoms with E-state index in [1.54, 1.807) is 18.2 Å². The topological polar surface area (TPSA) is 78.8 Å². The summed E-state index contributed by atoms with van der Waals surface area (Å²) in [6.07, 6.45) is 2.44. The van der Waals surface area contributed by atoms with Crippen molar-refractivity contribution in [3.8, 4) is 0 Å². The Balaban J connectivity index is 1.53. The van der Waals surface area contributed by atoms with Gasteiger partial charge in [0.05, 0.1) is 5.92 Å². The number of hydrogen-bond acceptors (Lipinski definition) is 4. The summed E-state index contributed by atoms with van der Waals surface area (Å²) in [5.41, 5.74) is 2.57. The minimum absolute atomic E-state index is 0.0275. The van der Waals surface area contributed by atoms with Crippen LogP contribution in [0.1, 0.15) is 30.9 Å². The third-order valence-corrected chi connectivity index (χ3v) is 6.69. The number of piperidine rings is 1. The molecule has 1 amide bonds. The van der Waals surface area contributed by atoms with Gasteiger partial charge in [-0.1, -0.05) is 37.3 Å². The molecule has 28 heavy (non-hydrogen) atoms. The van der Waals surface area contributed by atoms with Crippen LogP contribution in [0.3, 0.4) is 0 Å². The molecule has 1 saturated heterocycles. The van der Waals surface area contributed by atoms with Gasteiger partial charge in [-0.15, -0.1) is 4.40 Å². The van der Waals surface area contributed by atoms with Gasteiger partial charge in [0, 0.05) is 24.3 Å². The highest BCUT2D eigenvalue weighted by atomic mass is 32.2. The fourth-order valence-corrected chi connectivity index (χ4v) is 5.11. The Labute approximate surface area is 165 Å². The molecule has 2 aromatic carbocycles. The third-order valence-electron chi connectivity index (χ3n) is 5.36. The molecule has 4 rings (SSSR count). The second kappa shape index (κ2) is 7.39. The lowest BCUT2D eigenvalue weighted by molar-refractivity contribution is -0.121. The summed E-state index contributed by atoms with van der Waals surface area (Å²) in [4.78, 5) is 15.1. The SMILES string of the molecule is CCc1ccccc1NC(=O)[C@@H]1CCCN(C2=NS(=O)(=O)c3ccccc32)C1. The van der Waals surface area contributed by atoms with E-state index >= 15 is 0 Å². The first-order valence-corrected chi connectivity index (χ1v) is 11.0. The molecule has 1 atom stereocenters. The molecule has 2 aromatic rings. The van der Waals surface area contributed by atoms with E-state index in [9.17, 15) is 13.2 Å². The van der Waals surface area contributed by atoms with E-state index < -0.39 is 10.0 Å². The van der Waals surface area contributed by atoms with Crippen molar-refractivity contribution in [3.63, 3.8) is 0 Å². The maximum atomic E-state index is 12.9. The zero-order valence-corrected chi connectivity index (χ0v) is 16.6. The summed E-state index contributed by atoms with van der Waals surface area (Å²) < 4.78 is 28.7. The predicted octanol–water partition coefficient (Wildman–Crippen LogP) is 3.05. The van der Waals surface area contributed by atoms with Gasteiger partial charge in [-0.25, -0.2) is 0 Å². The standard InChI is InChI=1S/C21H23N3O3S/c1-2-15-8-3-5-11-18(15)22-21(25)16-9-7-13-24(14-16)20-17-10-4-6-12-19(17)28(26,27)23-20/h3-6,8,10-12,16H,2,7,9,13-14H2,1H3,(H,22,25)/t16-/m1/s1. The number of aryl methyl sites for hydroxylation is 1. The number of anilines is 1. The lowest BCUT2D eigenvalue weighted by Crippen LogP contribution is -2.43. The molecular weight excluding hydrogens is 374 g/mol. The van der Waals surface area contributed by atoms with Crippen molar-refractivity contribution in [2.24, 2.45) is 10.3 Å². The molecule has 1 fully saturated rings. The molecule has 0 aliphatic carbocycles. The normalized spacial score (nSPS) is 20.4. The van der Waals surface area contributed by atoms with Gasteiger partial charge >= 0.3 is 0 Å². The van der Waals surface area contributed by atoms with Crippen LogP contribution in [-0.2, 0) is 21.2 Å². The van der Waals surface area contributed by atoms with Crippen LogP contribution in [0.2, 0.25) is 0 Å². The van der Waals surface area contributed by atoms with Crippen molar-refractivity contribution in [1.29, 1.82) is 0 Å². The van der Waals surface area contributed by atoms with Gasteiger partial charge in [0.1, 0.15) is 4.90 Å². The molecular formula is C21H23N3O3S. The molecule has 2 aliphatic rings. The molecule has 0 unspecified atom stereocenters. The number of nitrogens with zero attached hydrogens (tertiary/aromatic N) is 2. The Morgan fingerprint density at radius 1 is 1.18 bits per heavy atom. The van der Waals surface area contributed by atoms with Crippen molar-refractivity contribution in [1.82, 2.24) is 4.90 Å². The predicted molar refractivity (Wildman–Crippen MR) is 109 cm³/mol. The van der Waals surface area contributed by atoms with Crippen LogP contribution in [0.15, 0.2) is 57.8 Å². The minimum Gasteiger partial charge on any atom is -0.355 e. The van der Waals surface area contributed by atoms with E-state index in [0.717, 1.165) is 30.5 Å². The van der Waals surface area contributed by atoms with Gasteiger partial charge in [0.2, 0.25) is 5.91 Å². The van der Waals surface area contributed by atoms with Crippen LogP contribution >= 0.6 is 0 Å². The number of para-hydroxylation sites is 1. The molecule has 6 nitrogen and oxygen atoms in total. The fourth-order valence-electron chi connectivity index (χ4n) is 3.89. The van der Waals surface area contributed by atoms with Crippen molar-refractivity contribution < 1.29 is 13.2 Å². The van der Waals surface area contributed by atoms with Crippen molar-refractivity contribution in [2.75, 3.05) is 18.4 Å². The average molecular weight is 398 g/mol. The first-order valence-electron chi connectivity index (χ1n) is 9.57. The van der Waals surface area contributed by atoms with E-state index in [1.165, 1.54) is 0 Å². The van der Waals surface area contributed by atoms with Crippen LogP contribution in [-0.4, -0.2) is 38.2 Å². The quantitative estimate of drug-likeness (QED) is 0.863. The number of likely N-dealkylation sites (tertiary alicyclic amines) is 1. The van der Waals surface area contributed by atoms with Crippen LogP contribution in [0.4, 0.5) is 5.69 Å². The number of hydrogen-bond donors (Lipinski definition) is 1. The van der Waals surface area contributed by atoms with E-state index in [0.29, 0.717) is 24.5 Å². The molecule has 0 bridgehead atoms. The molecule has 1 N–H and O–H groups in total. The Morgan fingerprint density at radius 3 is 2.75 bits per heavy atom. The molecule has 0 saturated carbocycles. The number of carbonyl (C=O) groups excluding carboxylic acids is 1. The average Bonchev–Trinajstić information content (AvgIpc) is 3.00. The van der Waals surface area contributed by atoms with Crippen molar-refractivity contribution in [3.05, 3.63) is 59.7 Å². The largest absolute Gasteiger partial charge is 0.355 e. The number of fused-ring (bicyclic) bond motifs is 1. The Kier molecular flexibility index (Phi) is 4.93. The Morgan fingerprint density at radius 2 is 1.93 bits per heavy atom. The fraction of sp³-hybridized carbons (Fsp3) is 0.333. The Hall–Kier alpha value is -2.67. The number of sulfonamides is 1. The van der Waals surface area contributed by atoms with Gasteiger partial charge in [0.25, 0.3) is 10.0 Å². The number of rotatable bonds is 3. The highest BCUT2D eigenvalue weighted by molar-refractivity contribution is 7.90. The highest BCUT2D eigenvalue weighted by Crippen LogP contribution is 2.30. The number of amidine groups is 1.